The maximum atomic E-state index is 5.84. The molecule has 0 saturated carbocycles. The van der Waals surface area contributed by atoms with E-state index in [4.69, 9.17) is 23.2 Å². The average molecular weight is 310 g/mol. The smallest absolute Gasteiger partial charge is 0.171 e. The molecule has 0 aromatic carbocycles. The fourth-order valence-electron chi connectivity index (χ4n) is 0.895. The summed E-state index contributed by atoms with van der Waals surface area (Å²) in [6, 6.07) is 1.81. The van der Waals surface area contributed by atoms with Gasteiger partial charge in [-0.05, 0) is 22.0 Å². The Morgan fingerprint density at radius 2 is 2.14 bits per heavy atom. The maximum Gasteiger partial charge on any atom is 0.171 e. The summed E-state index contributed by atoms with van der Waals surface area (Å²) in [7, 11) is 0. The van der Waals surface area contributed by atoms with E-state index in [2.05, 4.69) is 25.9 Å². The molecule has 0 radical (unpaired) electrons. The molecule has 0 fully saturated rings. The lowest BCUT2D eigenvalue weighted by molar-refractivity contribution is 1.17. The summed E-state index contributed by atoms with van der Waals surface area (Å²) >= 11 is 16.4. The molecule has 0 amide bonds. The minimum atomic E-state index is 0.402. The molecule has 6 heteroatoms. The van der Waals surface area contributed by atoms with E-state index in [1.54, 1.807) is 6.20 Å². The van der Waals surface area contributed by atoms with Crippen LogP contribution in [0.3, 0.4) is 0 Å². The number of hydrogen-bond acceptors (Lipinski definition) is 3. The normalized spacial score (nSPS) is 10.5. The first-order valence-corrected chi connectivity index (χ1v) is 6.02. The molecule has 2 rings (SSSR count). The molecule has 0 aliphatic carbocycles. The van der Waals surface area contributed by atoms with Crippen LogP contribution in [0, 0.1) is 0 Å². The van der Waals surface area contributed by atoms with Crippen LogP contribution in [-0.2, 0) is 0 Å². The fraction of sp³-hybridized carbons (Fsp3) is 0. The monoisotopic (exact) mass is 308 g/mol. The van der Waals surface area contributed by atoms with Gasteiger partial charge in [0.2, 0.25) is 0 Å². The molecule has 2 aromatic heterocycles. The van der Waals surface area contributed by atoms with Gasteiger partial charge in [-0.1, -0.05) is 23.2 Å². The molecule has 2 nitrogen and oxygen atoms in total. The minimum Gasteiger partial charge on any atom is -0.235 e. The highest BCUT2D eigenvalue weighted by molar-refractivity contribution is 9.10. The largest absolute Gasteiger partial charge is 0.235 e. The number of halogens is 3. The minimum absolute atomic E-state index is 0.402. The third-order valence-electron chi connectivity index (χ3n) is 1.49. The van der Waals surface area contributed by atoms with Crippen molar-refractivity contribution in [3.05, 3.63) is 32.3 Å². The van der Waals surface area contributed by atoms with Gasteiger partial charge in [0.1, 0.15) is 5.15 Å². The first-order chi connectivity index (χ1) is 6.66. The summed E-state index contributed by atoms with van der Waals surface area (Å²) in [6.07, 6.45) is 1.62. The summed E-state index contributed by atoms with van der Waals surface area (Å²) in [5, 5.41) is 2.92. The van der Waals surface area contributed by atoms with E-state index in [0.717, 1.165) is 4.88 Å². The molecule has 2 heterocycles. The van der Waals surface area contributed by atoms with Gasteiger partial charge in [0.05, 0.1) is 14.4 Å². The van der Waals surface area contributed by atoms with E-state index >= 15 is 0 Å². The predicted octanol–water partition coefficient (Wildman–Crippen LogP) is 4.27. The van der Waals surface area contributed by atoms with E-state index in [1.807, 2.05) is 11.4 Å². The van der Waals surface area contributed by atoms with Crippen molar-refractivity contribution < 1.29 is 0 Å². The van der Waals surface area contributed by atoms with Crippen LogP contribution in [0.25, 0.3) is 10.7 Å². The predicted molar refractivity (Wildman–Crippen MR) is 63.1 cm³/mol. The number of nitrogens with zero attached hydrogens (tertiary/aromatic N) is 2. The van der Waals surface area contributed by atoms with Crippen molar-refractivity contribution in [3.8, 4) is 10.7 Å². The molecule has 0 aliphatic rings. The van der Waals surface area contributed by atoms with Crippen LogP contribution in [0.4, 0.5) is 0 Å². The van der Waals surface area contributed by atoms with E-state index in [1.165, 1.54) is 11.3 Å². The van der Waals surface area contributed by atoms with Crippen molar-refractivity contribution >= 4 is 50.5 Å². The molecule has 0 spiro atoms. The summed E-state index contributed by atoms with van der Waals surface area (Å²) in [5.74, 6) is 0.593. The highest BCUT2D eigenvalue weighted by Crippen LogP contribution is 2.29. The second-order valence-corrected chi connectivity index (χ2v) is 5.02. The quantitative estimate of drug-likeness (QED) is 0.735. The molecule has 14 heavy (non-hydrogen) atoms. The van der Waals surface area contributed by atoms with E-state index in [0.29, 0.717) is 20.5 Å². The summed E-state index contributed by atoms with van der Waals surface area (Å²) < 4.78 is 0.686. The van der Waals surface area contributed by atoms with Crippen molar-refractivity contribution in [2.75, 3.05) is 0 Å². The Bertz CT molecular complexity index is 472. The van der Waals surface area contributed by atoms with Crippen LogP contribution in [-0.4, -0.2) is 9.97 Å². The molecule has 0 aliphatic heterocycles. The molecule has 0 saturated heterocycles. The third kappa shape index (κ3) is 2.08. The molecule has 2 aromatic rings. The van der Waals surface area contributed by atoms with Crippen LogP contribution in [0.2, 0.25) is 10.2 Å². The number of hydrogen-bond donors (Lipinski definition) is 0. The van der Waals surface area contributed by atoms with Gasteiger partial charge < -0.3 is 0 Å². The van der Waals surface area contributed by atoms with Crippen molar-refractivity contribution in [1.82, 2.24) is 9.97 Å². The Balaban J connectivity index is 2.47. The van der Waals surface area contributed by atoms with Gasteiger partial charge >= 0.3 is 0 Å². The Kier molecular flexibility index (Phi) is 3.07. The van der Waals surface area contributed by atoms with Crippen LogP contribution >= 0.6 is 50.5 Å². The second-order valence-electron chi connectivity index (χ2n) is 2.46. The highest BCUT2D eigenvalue weighted by Gasteiger charge is 2.07. The van der Waals surface area contributed by atoms with Gasteiger partial charge in [-0.25, -0.2) is 9.97 Å². The zero-order chi connectivity index (χ0) is 10.1. The fourth-order valence-corrected chi connectivity index (χ4v) is 2.23. The second kappa shape index (κ2) is 4.14. The first kappa shape index (κ1) is 10.4. The van der Waals surface area contributed by atoms with Crippen molar-refractivity contribution in [1.29, 1.82) is 0 Å². The molecule has 0 atom stereocenters. The molecule has 0 unspecified atom stereocenters. The summed E-state index contributed by atoms with van der Waals surface area (Å²) in [4.78, 5) is 9.15. The topological polar surface area (TPSA) is 25.8 Å². The Morgan fingerprint density at radius 1 is 1.36 bits per heavy atom. The number of rotatable bonds is 1. The van der Waals surface area contributed by atoms with Gasteiger partial charge in [-0.2, -0.15) is 0 Å². The van der Waals surface area contributed by atoms with Gasteiger partial charge in [-0.3, -0.25) is 0 Å². The van der Waals surface area contributed by atoms with E-state index in [-0.39, 0.29) is 0 Å². The average Bonchev–Trinajstić information content (AvgIpc) is 2.57. The summed E-state index contributed by atoms with van der Waals surface area (Å²) in [6.45, 7) is 0. The van der Waals surface area contributed by atoms with Crippen molar-refractivity contribution in [3.63, 3.8) is 0 Å². The SMILES string of the molecule is Clc1csc(-c2ncc(Br)c(Cl)n2)c1. The summed E-state index contributed by atoms with van der Waals surface area (Å²) in [5.41, 5.74) is 0. The Morgan fingerprint density at radius 3 is 2.71 bits per heavy atom. The highest BCUT2D eigenvalue weighted by atomic mass is 79.9. The van der Waals surface area contributed by atoms with Gasteiger partial charge in [0, 0.05) is 11.6 Å². The lowest BCUT2D eigenvalue weighted by Crippen LogP contribution is -1.86. The van der Waals surface area contributed by atoms with Crippen LogP contribution in [0.1, 0.15) is 0 Å². The zero-order valence-corrected chi connectivity index (χ0v) is 10.6. The Labute approximate surface area is 103 Å². The lowest BCUT2D eigenvalue weighted by Gasteiger charge is -1.97. The standard InChI is InChI=1S/C8H3BrCl2N2S/c9-5-2-12-8(13-7(5)11)6-1-4(10)3-14-6/h1-3H. The third-order valence-corrected chi connectivity index (χ3v) is 3.86. The van der Waals surface area contributed by atoms with Gasteiger partial charge in [0.25, 0.3) is 0 Å². The molecule has 72 valence electrons. The van der Waals surface area contributed by atoms with E-state index in [9.17, 15) is 0 Å². The first-order valence-electron chi connectivity index (χ1n) is 3.59. The Hall–Kier alpha value is -0.160. The zero-order valence-electron chi connectivity index (χ0n) is 6.67. The van der Waals surface area contributed by atoms with Crippen LogP contribution in [0.15, 0.2) is 22.1 Å². The maximum absolute atomic E-state index is 5.84. The van der Waals surface area contributed by atoms with Crippen LogP contribution < -0.4 is 0 Å². The lowest BCUT2D eigenvalue weighted by atomic mass is 10.4. The van der Waals surface area contributed by atoms with Gasteiger partial charge in [0.15, 0.2) is 5.82 Å². The van der Waals surface area contributed by atoms with E-state index < -0.39 is 0 Å². The molecular formula is C8H3BrCl2N2S. The van der Waals surface area contributed by atoms with Crippen LogP contribution in [0.5, 0.6) is 0 Å². The van der Waals surface area contributed by atoms with Crippen molar-refractivity contribution in [2.24, 2.45) is 0 Å². The van der Waals surface area contributed by atoms with Crippen molar-refractivity contribution in [2.45, 2.75) is 0 Å². The number of aromatic nitrogens is 2. The van der Waals surface area contributed by atoms with Gasteiger partial charge in [-0.15, -0.1) is 11.3 Å². The number of thiophene rings is 1. The molecule has 0 bridgehead atoms. The molecular weight excluding hydrogens is 307 g/mol. The molecule has 0 N–H and O–H groups in total.